The van der Waals surface area contributed by atoms with Gasteiger partial charge in [0, 0.05) is 13.0 Å². The van der Waals surface area contributed by atoms with E-state index in [0.29, 0.717) is 18.9 Å². The molecule has 0 bridgehead atoms. The van der Waals surface area contributed by atoms with Gasteiger partial charge in [-0.15, -0.1) is 0 Å². The molecule has 0 fully saturated rings. The van der Waals surface area contributed by atoms with Gasteiger partial charge in [-0.05, 0) is 18.8 Å². The molecular weight excluding hydrogens is 210 g/mol. The first-order chi connectivity index (χ1) is 7.63. The summed E-state index contributed by atoms with van der Waals surface area (Å²) in [5, 5.41) is 14.5. The van der Waals surface area contributed by atoms with Crippen molar-refractivity contribution >= 4 is 5.97 Å². The highest BCUT2D eigenvalue weighted by molar-refractivity contribution is 5.66. The maximum Gasteiger partial charge on any atom is 0.343 e. The fourth-order valence-corrected chi connectivity index (χ4v) is 1.63. The Bertz CT molecular complexity index is 383. The quantitative estimate of drug-likeness (QED) is 0.722. The molecule has 0 aliphatic heterocycles. The molecule has 2 N–H and O–H groups in total. The number of nitrogens with zero attached hydrogens (tertiary/aromatic N) is 2. The number of rotatable bonds is 7. The van der Waals surface area contributed by atoms with Crippen LogP contribution in [-0.4, -0.2) is 25.8 Å². The Labute approximate surface area is 93.3 Å². The molecule has 90 valence electrons. The van der Waals surface area contributed by atoms with Gasteiger partial charge in [-0.1, -0.05) is 13.3 Å². The lowest BCUT2D eigenvalue weighted by Crippen LogP contribution is -2.18. The number of aromatic nitrogens is 3. The number of carboxylic acid groups (broad SMARTS) is 1. The Morgan fingerprint density at radius 1 is 1.62 bits per heavy atom. The van der Waals surface area contributed by atoms with Gasteiger partial charge < -0.3 is 5.11 Å². The SMILES string of the molecule is CCC(CCC(=O)O)CCn1cn[nH]c1=O. The Morgan fingerprint density at radius 2 is 2.38 bits per heavy atom. The largest absolute Gasteiger partial charge is 0.481 e. The molecule has 0 saturated carbocycles. The highest BCUT2D eigenvalue weighted by Crippen LogP contribution is 2.15. The third-order valence-electron chi connectivity index (χ3n) is 2.74. The predicted octanol–water partition coefficient (Wildman–Crippen LogP) is 0.853. The summed E-state index contributed by atoms with van der Waals surface area (Å²) in [5.74, 6) is -0.420. The van der Waals surface area contributed by atoms with Crippen LogP contribution in [0.3, 0.4) is 0 Å². The molecule has 0 aliphatic carbocycles. The molecule has 1 aromatic rings. The van der Waals surface area contributed by atoms with E-state index in [4.69, 9.17) is 5.11 Å². The van der Waals surface area contributed by atoms with Crippen LogP contribution in [0.2, 0.25) is 0 Å². The van der Waals surface area contributed by atoms with Crippen molar-refractivity contribution in [3.8, 4) is 0 Å². The number of hydrogen-bond donors (Lipinski definition) is 2. The third kappa shape index (κ3) is 3.88. The summed E-state index contributed by atoms with van der Waals surface area (Å²) in [7, 11) is 0. The lowest BCUT2D eigenvalue weighted by Gasteiger charge is -2.12. The lowest BCUT2D eigenvalue weighted by molar-refractivity contribution is -0.137. The average molecular weight is 227 g/mol. The van der Waals surface area contributed by atoms with E-state index >= 15 is 0 Å². The molecule has 0 aliphatic rings. The van der Waals surface area contributed by atoms with Crippen LogP contribution in [0.5, 0.6) is 0 Å². The van der Waals surface area contributed by atoms with Crippen LogP contribution in [0, 0.1) is 5.92 Å². The molecule has 0 amide bonds. The summed E-state index contributed by atoms with van der Waals surface area (Å²) < 4.78 is 1.50. The number of H-pyrrole nitrogens is 1. The number of hydrogen-bond acceptors (Lipinski definition) is 3. The average Bonchev–Trinajstić information content (AvgIpc) is 2.64. The van der Waals surface area contributed by atoms with Crippen molar-refractivity contribution in [3.63, 3.8) is 0 Å². The van der Waals surface area contributed by atoms with E-state index in [1.165, 1.54) is 10.9 Å². The van der Waals surface area contributed by atoms with Gasteiger partial charge in [0.05, 0.1) is 0 Å². The van der Waals surface area contributed by atoms with Crippen LogP contribution in [0.15, 0.2) is 11.1 Å². The van der Waals surface area contributed by atoms with Crippen LogP contribution in [0.25, 0.3) is 0 Å². The monoisotopic (exact) mass is 227 g/mol. The number of aliphatic carboxylic acids is 1. The van der Waals surface area contributed by atoms with Gasteiger partial charge in [-0.3, -0.25) is 9.36 Å². The molecule has 6 nitrogen and oxygen atoms in total. The molecule has 1 atom stereocenters. The van der Waals surface area contributed by atoms with E-state index in [2.05, 4.69) is 10.2 Å². The second kappa shape index (κ2) is 6.09. The van der Waals surface area contributed by atoms with E-state index < -0.39 is 5.97 Å². The van der Waals surface area contributed by atoms with Crippen molar-refractivity contribution in [1.29, 1.82) is 0 Å². The molecule has 0 radical (unpaired) electrons. The molecule has 0 aromatic carbocycles. The molecule has 1 heterocycles. The second-order valence-corrected chi connectivity index (χ2v) is 3.85. The standard InChI is InChI=1S/C10H17N3O3/c1-2-8(3-4-9(14)15)5-6-13-7-11-12-10(13)16/h7-8H,2-6H2,1H3,(H,12,16)(H,14,15). The van der Waals surface area contributed by atoms with Crippen LogP contribution in [0.1, 0.15) is 32.6 Å². The molecule has 1 rings (SSSR count). The topological polar surface area (TPSA) is 88.0 Å². The van der Waals surface area contributed by atoms with Gasteiger partial charge in [0.2, 0.25) is 0 Å². The summed E-state index contributed by atoms with van der Waals surface area (Å²) in [6.07, 6.45) is 4.06. The fourth-order valence-electron chi connectivity index (χ4n) is 1.63. The Morgan fingerprint density at radius 3 is 2.88 bits per heavy atom. The van der Waals surface area contributed by atoms with Crippen LogP contribution in [0.4, 0.5) is 0 Å². The minimum atomic E-state index is -0.765. The first-order valence-corrected chi connectivity index (χ1v) is 5.45. The molecule has 1 aromatic heterocycles. The van der Waals surface area contributed by atoms with Crippen molar-refractivity contribution < 1.29 is 9.90 Å². The van der Waals surface area contributed by atoms with Crippen LogP contribution >= 0.6 is 0 Å². The minimum Gasteiger partial charge on any atom is -0.481 e. The van der Waals surface area contributed by atoms with E-state index in [-0.39, 0.29) is 12.1 Å². The van der Waals surface area contributed by atoms with Gasteiger partial charge in [0.15, 0.2) is 0 Å². The summed E-state index contributed by atoms with van der Waals surface area (Å²) in [6, 6.07) is 0. The highest BCUT2D eigenvalue weighted by Gasteiger charge is 2.09. The first-order valence-electron chi connectivity index (χ1n) is 5.45. The molecule has 6 heteroatoms. The fraction of sp³-hybridized carbons (Fsp3) is 0.700. The van der Waals surface area contributed by atoms with E-state index in [1.54, 1.807) is 0 Å². The smallest absolute Gasteiger partial charge is 0.343 e. The maximum atomic E-state index is 11.1. The van der Waals surface area contributed by atoms with Gasteiger partial charge in [0.1, 0.15) is 6.33 Å². The zero-order chi connectivity index (χ0) is 12.0. The first kappa shape index (κ1) is 12.5. The van der Waals surface area contributed by atoms with E-state index in [0.717, 1.165) is 12.8 Å². The maximum absolute atomic E-state index is 11.1. The molecule has 16 heavy (non-hydrogen) atoms. The molecule has 0 spiro atoms. The number of carbonyl (C=O) groups is 1. The number of aryl methyl sites for hydroxylation is 1. The van der Waals surface area contributed by atoms with Gasteiger partial charge >= 0.3 is 11.7 Å². The minimum absolute atomic E-state index is 0.193. The van der Waals surface area contributed by atoms with Crippen molar-refractivity contribution in [2.45, 2.75) is 39.2 Å². The van der Waals surface area contributed by atoms with Crippen LogP contribution < -0.4 is 5.69 Å². The van der Waals surface area contributed by atoms with E-state index in [9.17, 15) is 9.59 Å². The van der Waals surface area contributed by atoms with Crippen LogP contribution in [-0.2, 0) is 11.3 Å². The van der Waals surface area contributed by atoms with Crippen molar-refractivity contribution in [3.05, 3.63) is 16.8 Å². The lowest BCUT2D eigenvalue weighted by atomic mass is 9.97. The zero-order valence-corrected chi connectivity index (χ0v) is 9.35. The zero-order valence-electron chi connectivity index (χ0n) is 9.35. The molecule has 0 saturated heterocycles. The van der Waals surface area contributed by atoms with Gasteiger partial charge in [-0.25, -0.2) is 9.89 Å². The van der Waals surface area contributed by atoms with E-state index in [1.807, 2.05) is 6.92 Å². The third-order valence-corrected chi connectivity index (χ3v) is 2.74. The van der Waals surface area contributed by atoms with Crippen molar-refractivity contribution in [2.75, 3.05) is 0 Å². The summed E-state index contributed by atoms with van der Waals surface area (Å²) >= 11 is 0. The number of nitrogens with one attached hydrogen (secondary N) is 1. The van der Waals surface area contributed by atoms with Crippen molar-refractivity contribution in [2.24, 2.45) is 5.92 Å². The van der Waals surface area contributed by atoms with Gasteiger partial charge in [0.25, 0.3) is 0 Å². The normalized spacial score (nSPS) is 12.6. The summed E-state index contributed by atoms with van der Waals surface area (Å²) in [5.41, 5.74) is -0.215. The molecular formula is C10H17N3O3. The molecule has 1 unspecified atom stereocenters. The number of aromatic amines is 1. The Balaban J connectivity index is 2.37. The summed E-state index contributed by atoms with van der Waals surface area (Å²) in [4.78, 5) is 21.6. The second-order valence-electron chi connectivity index (χ2n) is 3.85. The highest BCUT2D eigenvalue weighted by atomic mass is 16.4. The van der Waals surface area contributed by atoms with Crippen molar-refractivity contribution in [1.82, 2.24) is 14.8 Å². The Kier molecular flexibility index (Phi) is 4.75. The van der Waals surface area contributed by atoms with Gasteiger partial charge in [-0.2, -0.15) is 5.10 Å². The number of carboxylic acids is 1. The Hall–Kier alpha value is -1.59. The summed E-state index contributed by atoms with van der Waals surface area (Å²) in [6.45, 7) is 2.62. The predicted molar refractivity (Wildman–Crippen MR) is 58.1 cm³/mol.